The van der Waals surface area contributed by atoms with E-state index in [2.05, 4.69) is 21.2 Å². The number of hydrogen-bond donors (Lipinski definition) is 1. The first kappa shape index (κ1) is 17.5. The summed E-state index contributed by atoms with van der Waals surface area (Å²) < 4.78 is 5.15. The molecule has 2 aromatic rings. The number of methoxy groups -OCH3 is 1. The first-order chi connectivity index (χ1) is 11.7. The third-order valence-corrected chi connectivity index (χ3v) is 3.54. The van der Waals surface area contributed by atoms with Gasteiger partial charge in [0.25, 0.3) is 0 Å². The van der Waals surface area contributed by atoms with Crippen molar-refractivity contribution in [3.63, 3.8) is 0 Å². The Morgan fingerprint density at radius 2 is 1.92 bits per heavy atom. The van der Waals surface area contributed by atoms with Crippen LogP contribution in [0, 0.1) is 12.3 Å². The van der Waals surface area contributed by atoms with Crippen molar-refractivity contribution >= 4 is 11.7 Å². The molecular weight excluding hydrogens is 302 g/mol. The van der Waals surface area contributed by atoms with E-state index < -0.39 is 0 Å². The van der Waals surface area contributed by atoms with E-state index >= 15 is 0 Å². The summed E-state index contributed by atoms with van der Waals surface area (Å²) in [4.78, 5) is 20.7. The molecule has 1 aromatic carbocycles. The van der Waals surface area contributed by atoms with E-state index in [1.165, 1.54) is 0 Å². The van der Waals surface area contributed by atoms with E-state index in [-0.39, 0.29) is 5.91 Å². The minimum absolute atomic E-state index is 0.0639. The zero-order chi connectivity index (χ0) is 17.2. The molecule has 0 aliphatic rings. The molecule has 0 radical (unpaired) electrons. The summed E-state index contributed by atoms with van der Waals surface area (Å²) in [6.45, 7) is 0. The Labute approximate surface area is 142 Å². The van der Waals surface area contributed by atoms with Crippen LogP contribution < -0.4 is 10.1 Å². The molecule has 0 aliphatic carbocycles. The zero-order valence-corrected chi connectivity index (χ0v) is 13.8. The second-order valence-corrected chi connectivity index (χ2v) is 5.30. The molecule has 1 aromatic heterocycles. The predicted molar refractivity (Wildman–Crippen MR) is 94.6 cm³/mol. The van der Waals surface area contributed by atoms with Gasteiger partial charge in [0, 0.05) is 30.8 Å². The van der Waals surface area contributed by atoms with E-state index in [1.807, 2.05) is 24.3 Å². The van der Waals surface area contributed by atoms with Crippen molar-refractivity contribution in [2.75, 3.05) is 12.4 Å². The standard InChI is InChI=1S/C19H21N3O2/c1-3-4-5-6-7-8-17(23)22-19-18(20-13-14-21-19)15-9-11-16(24-2)12-10-15/h1,9-14H,4-8H2,2H3,(H,21,22,23). The van der Waals surface area contributed by atoms with Crippen LogP contribution in [0.5, 0.6) is 5.75 Å². The molecule has 0 fully saturated rings. The number of terminal acetylenes is 1. The van der Waals surface area contributed by atoms with E-state index in [0.29, 0.717) is 17.9 Å². The minimum atomic E-state index is -0.0639. The van der Waals surface area contributed by atoms with Crippen LogP contribution in [-0.2, 0) is 4.79 Å². The number of ether oxygens (including phenoxy) is 1. The van der Waals surface area contributed by atoms with E-state index in [9.17, 15) is 4.79 Å². The molecule has 0 atom stereocenters. The smallest absolute Gasteiger partial charge is 0.225 e. The van der Waals surface area contributed by atoms with Crippen LogP contribution in [0.3, 0.4) is 0 Å². The van der Waals surface area contributed by atoms with Gasteiger partial charge in [0.05, 0.1) is 7.11 Å². The molecule has 124 valence electrons. The lowest BCUT2D eigenvalue weighted by molar-refractivity contribution is -0.116. The van der Waals surface area contributed by atoms with Crippen LogP contribution in [0.1, 0.15) is 32.1 Å². The number of amides is 1. The van der Waals surface area contributed by atoms with Crippen LogP contribution in [0.25, 0.3) is 11.3 Å². The molecule has 1 amide bonds. The van der Waals surface area contributed by atoms with Crippen molar-refractivity contribution in [2.24, 2.45) is 0 Å². The van der Waals surface area contributed by atoms with Gasteiger partial charge < -0.3 is 10.1 Å². The summed E-state index contributed by atoms with van der Waals surface area (Å²) in [6, 6.07) is 7.47. The van der Waals surface area contributed by atoms with Gasteiger partial charge in [-0.05, 0) is 37.1 Å². The second kappa shape index (κ2) is 9.31. The van der Waals surface area contributed by atoms with Crippen LogP contribution in [0.2, 0.25) is 0 Å². The average molecular weight is 323 g/mol. The van der Waals surface area contributed by atoms with Gasteiger partial charge in [0.15, 0.2) is 5.82 Å². The SMILES string of the molecule is C#CCCCCCC(=O)Nc1nccnc1-c1ccc(OC)cc1. The topological polar surface area (TPSA) is 64.1 Å². The Kier molecular flexibility index (Phi) is 6.78. The summed E-state index contributed by atoms with van der Waals surface area (Å²) in [5, 5.41) is 2.84. The van der Waals surface area contributed by atoms with Gasteiger partial charge in [-0.25, -0.2) is 4.98 Å². The van der Waals surface area contributed by atoms with Crippen LogP contribution in [0.4, 0.5) is 5.82 Å². The summed E-state index contributed by atoms with van der Waals surface area (Å²) in [7, 11) is 1.62. The number of aromatic nitrogens is 2. The highest BCUT2D eigenvalue weighted by Crippen LogP contribution is 2.25. The number of anilines is 1. The summed E-state index contributed by atoms with van der Waals surface area (Å²) in [6.07, 6.45) is 12.3. The number of nitrogens with zero attached hydrogens (tertiary/aromatic N) is 2. The zero-order valence-electron chi connectivity index (χ0n) is 13.8. The molecule has 0 saturated heterocycles. The normalized spacial score (nSPS) is 10.0. The molecule has 0 aliphatic heterocycles. The number of unbranched alkanes of at least 4 members (excludes halogenated alkanes) is 3. The first-order valence-corrected chi connectivity index (χ1v) is 7.93. The third-order valence-electron chi connectivity index (χ3n) is 3.54. The third kappa shape index (κ3) is 5.10. The molecule has 0 unspecified atom stereocenters. The fourth-order valence-electron chi connectivity index (χ4n) is 2.27. The van der Waals surface area contributed by atoms with Crippen LogP contribution in [-0.4, -0.2) is 23.0 Å². The highest BCUT2D eigenvalue weighted by Gasteiger charge is 2.11. The van der Waals surface area contributed by atoms with Gasteiger partial charge >= 0.3 is 0 Å². The van der Waals surface area contributed by atoms with E-state index in [1.54, 1.807) is 19.5 Å². The van der Waals surface area contributed by atoms with E-state index in [0.717, 1.165) is 37.0 Å². The van der Waals surface area contributed by atoms with E-state index in [4.69, 9.17) is 11.2 Å². The predicted octanol–water partition coefficient (Wildman–Crippen LogP) is 3.67. The fraction of sp³-hybridized carbons (Fsp3) is 0.316. The van der Waals surface area contributed by atoms with Crippen LogP contribution in [0.15, 0.2) is 36.7 Å². The number of nitrogens with one attached hydrogen (secondary N) is 1. The second-order valence-electron chi connectivity index (χ2n) is 5.30. The Bertz CT molecular complexity index is 705. The van der Waals surface area contributed by atoms with Crippen molar-refractivity contribution < 1.29 is 9.53 Å². The highest BCUT2D eigenvalue weighted by molar-refractivity contribution is 5.93. The molecule has 5 heteroatoms. The maximum absolute atomic E-state index is 12.1. The van der Waals surface area contributed by atoms with Crippen molar-refractivity contribution in [1.82, 2.24) is 9.97 Å². The molecule has 0 spiro atoms. The van der Waals surface area contributed by atoms with Crippen molar-refractivity contribution in [2.45, 2.75) is 32.1 Å². The largest absolute Gasteiger partial charge is 0.497 e. The van der Waals surface area contributed by atoms with Gasteiger partial charge in [-0.2, -0.15) is 0 Å². The van der Waals surface area contributed by atoms with Gasteiger partial charge in [-0.1, -0.05) is 6.42 Å². The van der Waals surface area contributed by atoms with Gasteiger partial charge in [0.2, 0.25) is 5.91 Å². The molecular formula is C19H21N3O2. The van der Waals surface area contributed by atoms with Crippen molar-refractivity contribution in [3.05, 3.63) is 36.7 Å². The molecule has 1 heterocycles. The minimum Gasteiger partial charge on any atom is -0.497 e. The number of carbonyl (C=O) groups is 1. The quantitative estimate of drug-likeness (QED) is 0.594. The van der Waals surface area contributed by atoms with Gasteiger partial charge in [0.1, 0.15) is 11.4 Å². The lowest BCUT2D eigenvalue weighted by Crippen LogP contribution is -2.13. The highest BCUT2D eigenvalue weighted by atomic mass is 16.5. The molecule has 5 nitrogen and oxygen atoms in total. The first-order valence-electron chi connectivity index (χ1n) is 7.93. The Balaban J connectivity index is 2.00. The molecule has 24 heavy (non-hydrogen) atoms. The molecule has 0 saturated carbocycles. The fourth-order valence-corrected chi connectivity index (χ4v) is 2.27. The van der Waals surface area contributed by atoms with Gasteiger partial charge in [-0.15, -0.1) is 12.3 Å². The number of benzene rings is 1. The maximum atomic E-state index is 12.1. The van der Waals surface area contributed by atoms with Gasteiger partial charge in [-0.3, -0.25) is 9.78 Å². The molecule has 0 bridgehead atoms. The molecule has 2 rings (SSSR count). The molecule has 1 N–H and O–H groups in total. The summed E-state index contributed by atoms with van der Waals surface area (Å²) in [5.74, 6) is 3.77. The van der Waals surface area contributed by atoms with Crippen molar-refractivity contribution in [1.29, 1.82) is 0 Å². The Morgan fingerprint density at radius 3 is 2.62 bits per heavy atom. The summed E-state index contributed by atoms with van der Waals surface area (Å²) >= 11 is 0. The van der Waals surface area contributed by atoms with Crippen LogP contribution >= 0.6 is 0 Å². The number of rotatable bonds is 8. The number of carbonyl (C=O) groups excluding carboxylic acids is 1. The number of hydrogen-bond acceptors (Lipinski definition) is 4. The maximum Gasteiger partial charge on any atom is 0.225 e. The Hall–Kier alpha value is -2.87. The summed E-state index contributed by atoms with van der Waals surface area (Å²) in [5.41, 5.74) is 1.51. The monoisotopic (exact) mass is 323 g/mol. The van der Waals surface area contributed by atoms with Crippen molar-refractivity contribution in [3.8, 4) is 29.4 Å². The average Bonchev–Trinajstić information content (AvgIpc) is 2.62. The lowest BCUT2D eigenvalue weighted by Gasteiger charge is -2.09. The Morgan fingerprint density at radius 1 is 1.17 bits per heavy atom. The lowest BCUT2D eigenvalue weighted by atomic mass is 10.1.